The number of nitriles is 1. The number of nitrogens with two attached hydrogens (primary N) is 1. The van der Waals surface area contributed by atoms with E-state index in [2.05, 4.69) is 15.6 Å². The van der Waals surface area contributed by atoms with E-state index < -0.39 is 12.1 Å². The van der Waals surface area contributed by atoms with Crippen LogP contribution >= 0.6 is 0 Å². The van der Waals surface area contributed by atoms with Gasteiger partial charge in [-0.05, 0) is 36.4 Å². The van der Waals surface area contributed by atoms with Gasteiger partial charge in [0.2, 0.25) is 5.89 Å². The van der Waals surface area contributed by atoms with Crippen LogP contribution in [-0.4, -0.2) is 11.0 Å². The minimum absolute atomic E-state index is 0.0203. The number of benzene rings is 2. The summed E-state index contributed by atoms with van der Waals surface area (Å²) in [5, 5.41) is 14.4. The number of fused-ring (bicyclic) bond motifs is 1. The Hall–Kier alpha value is -4.51. The zero-order chi connectivity index (χ0) is 20.7. The lowest BCUT2D eigenvalue weighted by atomic mass is 10.0. The normalized spacial score (nSPS) is 16.2. The lowest BCUT2D eigenvalue weighted by Crippen LogP contribution is -2.46. The zero-order valence-corrected chi connectivity index (χ0v) is 15.5. The predicted molar refractivity (Wildman–Crippen MR) is 108 cm³/mol. The third-order valence-electron chi connectivity index (χ3n) is 4.84. The van der Waals surface area contributed by atoms with Gasteiger partial charge in [0.15, 0.2) is 5.58 Å². The van der Waals surface area contributed by atoms with Crippen LogP contribution in [0.1, 0.15) is 11.8 Å². The Bertz CT molecular complexity index is 1310. The molecule has 8 nitrogen and oxygen atoms in total. The molecule has 2 aromatic carbocycles. The monoisotopic (exact) mass is 397 g/mol. The Kier molecular flexibility index (Phi) is 4.00. The quantitative estimate of drug-likeness (QED) is 0.482. The minimum Gasteiger partial charge on any atom is -0.458 e. The van der Waals surface area contributed by atoms with Crippen molar-refractivity contribution < 1.29 is 13.6 Å². The van der Waals surface area contributed by atoms with Gasteiger partial charge in [-0.2, -0.15) is 5.26 Å². The summed E-state index contributed by atoms with van der Waals surface area (Å²) in [5.74, 6) is 1.58. The number of urea groups is 1. The average Bonchev–Trinajstić information content (AvgIpc) is 3.41. The predicted octanol–water partition coefficient (Wildman–Crippen LogP) is 3.80. The van der Waals surface area contributed by atoms with Gasteiger partial charge < -0.3 is 19.9 Å². The molecule has 1 atom stereocenters. The number of oxazole rings is 1. The fourth-order valence-corrected chi connectivity index (χ4v) is 3.36. The van der Waals surface area contributed by atoms with Crippen molar-refractivity contribution >= 4 is 17.1 Å². The maximum atomic E-state index is 11.7. The number of amides is 2. The summed E-state index contributed by atoms with van der Waals surface area (Å²) in [6.07, 6.45) is 0. The molecule has 2 amide bonds. The first-order valence-corrected chi connectivity index (χ1v) is 9.16. The van der Waals surface area contributed by atoms with Gasteiger partial charge in [-0.3, -0.25) is 5.32 Å². The van der Waals surface area contributed by atoms with E-state index in [9.17, 15) is 10.1 Å². The van der Waals surface area contributed by atoms with Crippen molar-refractivity contribution in [1.29, 1.82) is 5.26 Å². The maximum absolute atomic E-state index is 11.7. The molecule has 0 aliphatic carbocycles. The highest BCUT2D eigenvalue weighted by Crippen LogP contribution is 2.32. The van der Waals surface area contributed by atoms with Gasteiger partial charge in [-0.25, -0.2) is 9.78 Å². The molecule has 2 aromatic heterocycles. The van der Waals surface area contributed by atoms with E-state index in [-0.39, 0.29) is 11.4 Å². The molecule has 0 bridgehead atoms. The Balaban J connectivity index is 1.43. The van der Waals surface area contributed by atoms with E-state index in [4.69, 9.17) is 14.6 Å². The topological polar surface area (TPSA) is 130 Å². The lowest BCUT2D eigenvalue weighted by molar-refractivity contribution is 0.237. The summed E-state index contributed by atoms with van der Waals surface area (Å²) in [7, 11) is 0. The SMILES string of the molecule is N#CC1=C(N)NC(=O)NC1c1ccc(-c2ccc(-c3nc4ccccc4o3)cc2)o1. The van der Waals surface area contributed by atoms with Crippen LogP contribution in [0.3, 0.4) is 0 Å². The molecule has 8 heteroatoms. The van der Waals surface area contributed by atoms with E-state index in [0.29, 0.717) is 17.4 Å². The zero-order valence-electron chi connectivity index (χ0n) is 15.5. The van der Waals surface area contributed by atoms with E-state index in [0.717, 1.165) is 22.2 Å². The molecule has 1 aliphatic rings. The summed E-state index contributed by atoms with van der Waals surface area (Å²) in [6, 6.07) is 19.4. The van der Waals surface area contributed by atoms with Crippen LogP contribution in [0.5, 0.6) is 0 Å². The van der Waals surface area contributed by atoms with Crippen molar-refractivity contribution in [3.8, 4) is 28.8 Å². The van der Waals surface area contributed by atoms with Gasteiger partial charge in [-0.15, -0.1) is 0 Å². The van der Waals surface area contributed by atoms with Gasteiger partial charge in [-0.1, -0.05) is 24.3 Å². The van der Waals surface area contributed by atoms with Gasteiger partial charge in [0.1, 0.15) is 35.0 Å². The Morgan fingerprint density at radius 1 is 1.00 bits per heavy atom. The van der Waals surface area contributed by atoms with Crippen molar-refractivity contribution in [2.45, 2.75) is 6.04 Å². The number of aromatic nitrogens is 1. The number of hydrogen-bond acceptors (Lipinski definition) is 6. The average molecular weight is 397 g/mol. The largest absolute Gasteiger partial charge is 0.458 e. The van der Waals surface area contributed by atoms with Crippen LogP contribution < -0.4 is 16.4 Å². The molecule has 146 valence electrons. The van der Waals surface area contributed by atoms with E-state index >= 15 is 0 Å². The fourth-order valence-electron chi connectivity index (χ4n) is 3.36. The molecule has 0 fully saturated rings. The summed E-state index contributed by atoms with van der Waals surface area (Å²) in [6.45, 7) is 0. The summed E-state index contributed by atoms with van der Waals surface area (Å²) < 4.78 is 11.7. The van der Waals surface area contributed by atoms with Crippen molar-refractivity contribution in [3.63, 3.8) is 0 Å². The first kappa shape index (κ1) is 17.6. The van der Waals surface area contributed by atoms with Gasteiger partial charge >= 0.3 is 6.03 Å². The number of para-hydroxylation sites is 2. The molecule has 0 spiro atoms. The molecule has 4 aromatic rings. The Morgan fingerprint density at radius 2 is 1.77 bits per heavy atom. The van der Waals surface area contributed by atoms with Gasteiger partial charge in [0, 0.05) is 11.1 Å². The molecular weight excluding hydrogens is 382 g/mol. The Labute approximate surface area is 170 Å². The highest BCUT2D eigenvalue weighted by atomic mass is 16.3. The van der Waals surface area contributed by atoms with Crippen molar-refractivity contribution in [3.05, 3.63) is 77.8 Å². The van der Waals surface area contributed by atoms with E-state index in [1.54, 1.807) is 12.1 Å². The number of carbonyl (C=O) groups excluding carboxylic acids is 1. The second kappa shape index (κ2) is 6.83. The highest BCUT2D eigenvalue weighted by molar-refractivity contribution is 5.79. The second-order valence-corrected chi connectivity index (χ2v) is 6.74. The van der Waals surface area contributed by atoms with Crippen LogP contribution in [0.15, 0.2) is 80.9 Å². The molecule has 1 aliphatic heterocycles. The third kappa shape index (κ3) is 2.95. The number of rotatable bonds is 3. The minimum atomic E-state index is -0.739. The van der Waals surface area contributed by atoms with Crippen LogP contribution in [0.2, 0.25) is 0 Å². The second-order valence-electron chi connectivity index (χ2n) is 6.74. The van der Waals surface area contributed by atoms with Crippen LogP contribution in [-0.2, 0) is 0 Å². The van der Waals surface area contributed by atoms with Crippen molar-refractivity contribution in [2.75, 3.05) is 0 Å². The van der Waals surface area contributed by atoms with Crippen LogP contribution in [0.4, 0.5) is 4.79 Å². The lowest BCUT2D eigenvalue weighted by Gasteiger charge is -2.23. The molecule has 1 unspecified atom stereocenters. The fraction of sp³-hybridized carbons (Fsp3) is 0.0455. The Morgan fingerprint density at radius 3 is 2.53 bits per heavy atom. The molecule has 3 heterocycles. The number of hydrogen-bond donors (Lipinski definition) is 3. The first-order chi connectivity index (χ1) is 14.6. The number of nitrogens with zero attached hydrogens (tertiary/aromatic N) is 2. The summed E-state index contributed by atoms with van der Waals surface area (Å²) >= 11 is 0. The van der Waals surface area contributed by atoms with Gasteiger partial charge in [0.05, 0.1) is 5.57 Å². The van der Waals surface area contributed by atoms with Crippen molar-refractivity contribution in [2.24, 2.45) is 5.73 Å². The molecule has 0 saturated carbocycles. The van der Waals surface area contributed by atoms with E-state index in [1.165, 1.54) is 0 Å². The number of nitrogens with one attached hydrogen (secondary N) is 2. The summed E-state index contributed by atoms with van der Waals surface area (Å²) in [5.41, 5.74) is 9.16. The molecule has 5 rings (SSSR count). The molecule has 0 radical (unpaired) electrons. The first-order valence-electron chi connectivity index (χ1n) is 9.16. The summed E-state index contributed by atoms with van der Waals surface area (Å²) in [4.78, 5) is 16.2. The standard InChI is InChI=1S/C22H15N5O3/c23-11-14-19(26-22(28)27-20(14)24)18-10-9-16(29-18)12-5-7-13(8-6-12)21-25-15-3-1-2-4-17(15)30-21/h1-10,19H,24H2,(H2,26,27,28). The number of carbonyl (C=O) groups is 1. The molecular formula is C22H15N5O3. The molecule has 30 heavy (non-hydrogen) atoms. The number of furan rings is 1. The highest BCUT2D eigenvalue weighted by Gasteiger charge is 2.29. The third-order valence-corrected chi connectivity index (χ3v) is 4.84. The van der Waals surface area contributed by atoms with E-state index in [1.807, 2.05) is 54.6 Å². The maximum Gasteiger partial charge on any atom is 0.321 e. The van der Waals surface area contributed by atoms with Crippen LogP contribution in [0, 0.1) is 11.3 Å². The molecule has 0 saturated heterocycles. The molecule has 4 N–H and O–H groups in total. The van der Waals surface area contributed by atoms with Gasteiger partial charge in [0.25, 0.3) is 0 Å². The van der Waals surface area contributed by atoms with Crippen molar-refractivity contribution in [1.82, 2.24) is 15.6 Å². The smallest absolute Gasteiger partial charge is 0.321 e. The van der Waals surface area contributed by atoms with Crippen LogP contribution in [0.25, 0.3) is 33.9 Å².